The first-order chi connectivity index (χ1) is 12.1. The maximum atomic E-state index is 12.6. The summed E-state index contributed by atoms with van der Waals surface area (Å²) in [6, 6.07) is 18.2. The van der Waals surface area contributed by atoms with Crippen molar-refractivity contribution < 1.29 is 9.53 Å². The van der Waals surface area contributed by atoms with Crippen LogP contribution in [0.4, 0.5) is 0 Å². The number of aromatic amines is 1. The Labute approximate surface area is 150 Å². The molecule has 0 fully saturated rings. The Bertz CT molecular complexity index is 947. The molecule has 5 heteroatoms. The van der Waals surface area contributed by atoms with E-state index in [-0.39, 0.29) is 12.2 Å². The zero-order valence-corrected chi connectivity index (χ0v) is 14.3. The molecule has 0 bridgehead atoms. The van der Waals surface area contributed by atoms with Gasteiger partial charge in [0.15, 0.2) is 0 Å². The van der Waals surface area contributed by atoms with E-state index in [2.05, 4.69) is 4.98 Å². The van der Waals surface area contributed by atoms with Crippen molar-refractivity contribution in [3.8, 4) is 22.4 Å². The van der Waals surface area contributed by atoms with E-state index >= 15 is 0 Å². The molecule has 0 amide bonds. The van der Waals surface area contributed by atoms with Crippen molar-refractivity contribution in [2.24, 2.45) is 0 Å². The van der Waals surface area contributed by atoms with Gasteiger partial charge in [-0.1, -0.05) is 54.1 Å². The molecule has 0 saturated carbocycles. The SMILES string of the molecule is CCOC(=O)c1c(-c2ccccc2)cc(-c2ccc(Cl)cc2)[nH]c1=O. The Morgan fingerprint density at radius 1 is 1.04 bits per heavy atom. The first-order valence-corrected chi connectivity index (χ1v) is 8.23. The number of aromatic nitrogens is 1. The lowest BCUT2D eigenvalue weighted by Crippen LogP contribution is -2.21. The van der Waals surface area contributed by atoms with Crippen LogP contribution in [0.2, 0.25) is 5.02 Å². The number of benzene rings is 2. The fraction of sp³-hybridized carbons (Fsp3) is 0.100. The van der Waals surface area contributed by atoms with Crippen molar-refractivity contribution in [1.29, 1.82) is 0 Å². The summed E-state index contributed by atoms with van der Waals surface area (Å²) in [5, 5.41) is 0.609. The molecule has 126 valence electrons. The third kappa shape index (κ3) is 3.64. The number of esters is 1. The summed E-state index contributed by atoms with van der Waals surface area (Å²) in [6.45, 7) is 1.90. The normalized spacial score (nSPS) is 10.5. The van der Waals surface area contributed by atoms with Crippen LogP contribution in [0, 0.1) is 0 Å². The molecule has 25 heavy (non-hydrogen) atoms. The van der Waals surface area contributed by atoms with Crippen LogP contribution < -0.4 is 5.56 Å². The molecular formula is C20H16ClNO3. The van der Waals surface area contributed by atoms with Gasteiger partial charge in [0.1, 0.15) is 5.56 Å². The summed E-state index contributed by atoms with van der Waals surface area (Å²) in [6.07, 6.45) is 0. The minimum atomic E-state index is -0.634. The summed E-state index contributed by atoms with van der Waals surface area (Å²) in [5.74, 6) is -0.634. The van der Waals surface area contributed by atoms with Crippen LogP contribution >= 0.6 is 11.6 Å². The number of carbonyl (C=O) groups excluding carboxylic acids is 1. The van der Waals surface area contributed by atoms with Gasteiger partial charge in [-0.15, -0.1) is 0 Å². The maximum Gasteiger partial charge on any atom is 0.344 e. The largest absolute Gasteiger partial charge is 0.462 e. The van der Waals surface area contributed by atoms with Gasteiger partial charge < -0.3 is 9.72 Å². The predicted octanol–water partition coefficient (Wildman–Crippen LogP) is 4.54. The van der Waals surface area contributed by atoms with Gasteiger partial charge in [-0.2, -0.15) is 0 Å². The Balaban J connectivity index is 2.22. The van der Waals surface area contributed by atoms with E-state index < -0.39 is 11.5 Å². The third-order valence-electron chi connectivity index (χ3n) is 3.75. The molecule has 1 aromatic heterocycles. The summed E-state index contributed by atoms with van der Waals surface area (Å²) < 4.78 is 5.06. The number of H-pyrrole nitrogens is 1. The highest BCUT2D eigenvalue weighted by molar-refractivity contribution is 6.30. The topological polar surface area (TPSA) is 59.2 Å². The molecule has 0 saturated heterocycles. The summed E-state index contributed by atoms with van der Waals surface area (Å²) in [4.78, 5) is 27.7. The molecule has 3 aromatic rings. The van der Waals surface area contributed by atoms with Gasteiger partial charge in [-0.05, 0) is 36.2 Å². The van der Waals surface area contributed by atoms with Crippen LogP contribution in [-0.4, -0.2) is 17.6 Å². The molecule has 3 rings (SSSR count). The lowest BCUT2D eigenvalue weighted by Gasteiger charge is -2.11. The van der Waals surface area contributed by atoms with E-state index in [1.54, 1.807) is 25.1 Å². The molecule has 0 atom stereocenters. The zero-order valence-electron chi connectivity index (χ0n) is 13.6. The Kier molecular flexibility index (Phi) is 5.00. The number of carbonyl (C=O) groups is 1. The second kappa shape index (κ2) is 7.36. The van der Waals surface area contributed by atoms with Crippen LogP contribution in [-0.2, 0) is 4.74 Å². The lowest BCUT2D eigenvalue weighted by molar-refractivity contribution is 0.0525. The van der Waals surface area contributed by atoms with Gasteiger partial charge in [0.25, 0.3) is 5.56 Å². The van der Waals surface area contributed by atoms with E-state index in [0.717, 1.165) is 11.1 Å². The summed E-state index contributed by atoms with van der Waals surface area (Å²) in [5.41, 5.74) is 2.23. The van der Waals surface area contributed by atoms with Crippen molar-refractivity contribution in [3.63, 3.8) is 0 Å². The van der Waals surface area contributed by atoms with Gasteiger partial charge in [-0.3, -0.25) is 4.79 Å². The molecular weight excluding hydrogens is 338 g/mol. The van der Waals surface area contributed by atoms with Crippen LogP contribution in [0.5, 0.6) is 0 Å². The number of pyridine rings is 1. The van der Waals surface area contributed by atoms with E-state index in [4.69, 9.17) is 16.3 Å². The minimum Gasteiger partial charge on any atom is -0.462 e. The highest BCUT2D eigenvalue weighted by atomic mass is 35.5. The van der Waals surface area contributed by atoms with E-state index in [9.17, 15) is 9.59 Å². The quantitative estimate of drug-likeness (QED) is 0.700. The number of ether oxygens (including phenoxy) is 1. The molecule has 0 aliphatic carbocycles. The molecule has 1 N–H and O–H groups in total. The van der Waals surface area contributed by atoms with Crippen LogP contribution in [0.3, 0.4) is 0 Å². The molecule has 2 aromatic carbocycles. The monoisotopic (exact) mass is 353 g/mol. The second-order valence-electron chi connectivity index (χ2n) is 5.39. The van der Waals surface area contributed by atoms with Crippen molar-refractivity contribution in [2.75, 3.05) is 6.61 Å². The smallest absolute Gasteiger partial charge is 0.344 e. The van der Waals surface area contributed by atoms with Crippen LogP contribution in [0.15, 0.2) is 65.5 Å². The first-order valence-electron chi connectivity index (χ1n) is 7.86. The molecule has 4 nitrogen and oxygen atoms in total. The number of hydrogen-bond donors (Lipinski definition) is 1. The fourth-order valence-electron chi connectivity index (χ4n) is 2.60. The van der Waals surface area contributed by atoms with Gasteiger partial charge in [0.05, 0.1) is 6.61 Å². The number of rotatable bonds is 4. The van der Waals surface area contributed by atoms with Crippen LogP contribution in [0.25, 0.3) is 22.4 Å². The molecule has 1 heterocycles. The molecule has 0 unspecified atom stereocenters. The average molecular weight is 354 g/mol. The average Bonchev–Trinajstić information content (AvgIpc) is 2.62. The van der Waals surface area contributed by atoms with Crippen molar-refractivity contribution in [2.45, 2.75) is 6.92 Å². The highest BCUT2D eigenvalue weighted by Crippen LogP contribution is 2.27. The van der Waals surface area contributed by atoms with E-state index in [1.807, 2.05) is 42.5 Å². The number of nitrogens with one attached hydrogen (secondary N) is 1. The van der Waals surface area contributed by atoms with Gasteiger partial charge in [0.2, 0.25) is 0 Å². The van der Waals surface area contributed by atoms with Crippen LogP contribution in [0.1, 0.15) is 17.3 Å². The Morgan fingerprint density at radius 2 is 1.72 bits per heavy atom. The number of halogens is 1. The third-order valence-corrected chi connectivity index (χ3v) is 4.00. The number of hydrogen-bond acceptors (Lipinski definition) is 3. The summed E-state index contributed by atoms with van der Waals surface area (Å²) >= 11 is 5.93. The van der Waals surface area contributed by atoms with E-state index in [0.29, 0.717) is 16.3 Å². The predicted molar refractivity (Wildman–Crippen MR) is 98.9 cm³/mol. The molecule has 0 radical (unpaired) electrons. The van der Waals surface area contributed by atoms with Gasteiger partial charge in [0, 0.05) is 16.3 Å². The molecule has 0 aliphatic heterocycles. The Hall–Kier alpha value is -2.85. The fourth-order valence-corrected chi connectivity index (χ4v) is 2.72. The van der Waals surface area contributed by atoms with Crippen molar-refractivity contribution >= 4 is 17.6 Å². The molecule has 0 aliphatic rings. The van der Waals surface area contributed by atoms with Crippen molar-refractivity contribution in [1.82, 2.24) is 4.98 Å². The maximum absolute atomic E-state index is 12.6. The Morgan fingerprint density at radius 3 is 2.36 bits per heavy atom. The zero-order chi connectivity index (χ0) is 17.8. The molecule has 0 spiro atoms. The summed E-state index contributed by atoms with van der Waals surface area (Å²) in [7, 11) is 0. The van der Waals surface area contributed by atoms with Crippen molar-refractivity contribution in [3.05, 3.63) is 81.6 Å². The first kappa shape index (κ1) is 17.0. The minimum absolute atomic E-state index is 0.00534. The lowest BCUT2D eigenvalue weighted by atomic mass is 9.98. The highest BCUT2D eigenvalue weighted by Gasteiger charge is 2.20. The standard InChI is InChI=1S/C20H16ClNO3/c1-2-25-20(24)18-16(13-6-4-3-5-7-13)12-17(22-19(18)23)14-8-10-15(21)11-9-14/h3-12H,2H2,1H3,(H,22,23). The van der Waals surface area contributed by atoms with Gasteiger partial charge in [-0.25, -0.2) is 4.79 Å². The van der Waals surface area contributed by atoms with E-state index in [1.165, 1.54) is 0 Å². The second-order valence-corrected chi connectivity index (χ2v) is 5.83. The van der Waals surface area contributed by atoms with Gasteiger partial charge >= 0.3 is 5.97 Å².